The van der Waals surface area contributed by atoms with Crippen LogP contribution in [-0.2, 0) is 0 Å². The largest absolute Gasteiger partial charge is 0.470 e. The van der Waals surface area contributed by atoms with Gasteiger partial charge < -0.3 is 4.74 Å². The molecule has 0 aliphatic heterocycles. The fourth-order valence-electron chi connectivity index (χ4n) is 2.18. The van der Waals surface area contributed by atoms with E-state index >= 15 is 0 Å². The second-order valence-corrected chi connectivity index (χ2v) is 7.37. The Labute approximate surface area is 140 Å². The maximum atomic E-state index is 6.02. The maximum Gasteiger partial charge on any atom is 0.241 e. The summed E-state index contributed by atoms with van der Waals surface area (Å²) in [7, 11) is 0. The highest BCUT2D eigenvalue weighted by Crippen LogP contribution is 2.26. The molecular weight excluding hydrogens is 304 g/mol. The van der Waals surface area contributed by atoms with E-state index in [4.69, 9.17) is 9.72 Å². The van der Waals surface area contributed by atoms with E-state index in [9.17, 15) is 0 Å². The van der Waals surface area contributed by atoms with Gasteiger partial charge in [-0.25, -0.2) is 9.97 Å². The molecule has 3 aromatic rings. The van der Waals surface area contributed by atoms with Crippen LogP contribution >= 0.6 is 11.3 Å². The summed E-state index contributed by atoms with van der Waals surface area (Å²) in [6, 6.07) is 9.97. The molecule has 0 aliphatic rings. The fraction of sp³-hybridized carbons (Fsp3) is 0.263. The Morgan fingerprint density at radius 1 is 1.00 bits per heavy atom. The lowest BCUT2D eigenvalue weighted by Gasteiger charge is -2.21. The van der Waals surface area contributed by atoms with Crippen molar-refractivity contribution in [1.82, 2.24) is 9.97 Å². The smallest absolute Gasteiger partial charge is 0.241 e. The number of hydrogen-bond donors (Lipinski definition) is 0. The van der Waals surface area contributed by atoms with Crippen LogP contribution in [0.15, 0.2) is 35.7 Å². The Morgan fingerprint density at radius 3 is 2.30 bits per heavy atom. The van der Waals surface area contributed by atoms with Gasteiger partial charge in [-0.2, -0.15) is 0 Å². The summed E-state index contributed by atoms with van der Waals surface area (Å²) in [4.78, 5) is 10.6. The monoisotopic (exact) mass is 324 g/mol. The Kier molecular flexibility index (Phi) is 4.18. The predicted octanol–water partition coefficient (Wildman–Crippen LogP) is 5.35. The van der Waals surface area contributed by atoms with Crippen molar-refractivity contribution in [1.29, 1.82) is 0 Å². The minimum atomic E-state index is -0.321. The van der Waals surface area contributed by atoms with Crippen LogP contribution in [0, 0.1) is 6.92 Å². The third-order valence-electron chi connectivity index (χ3n) is 3.26. The molecule has 2 aromatic heterocycles. The van der Waals surface area contributed by atoms with Crippen LogP contribution in [0.1, 0.15) is 36.9 Å². The van der Waals surface area contributed by atoms with Gasteiger partial charge in [0.1, 0.15) is 11.3 Å². The van der Waals surface area contributed by atoms with Gasteiger partial charge in [-0.15, -0.1) is 11.3 Å². The normalized spacial score (nSPS) is 12.2. The zero-order chi connectivity index (χ0) is 16.4. The summed E-state index contributed by atoms with van der Waals surface area (Å²) in [5.74, 6) is 0.571. The molecule has 4 heteroatoms. The summed E-state index contributed by atoms with van der Waals surface area (Å²) < 4.78 is 6.02. The molecule has 0 radical (unpaired) electrons. The van der Waals surface area contributed by atoms with E-state index < -0.39 is 0 Å². The van der Waals surface area contributed by atoms with Gasteiger partial charge in [0.2, 0.25) is 5.88 Å². The van der Waals surface area contributed by atoms with Gasteiger partial charge in [-0.3, -0.25) is 0 Å². The number of para-hydroxylation sites is 2. The lowest BCUT2D eigenvalue weighted by Crippen LogP contribution is -2.24. The van der Waals surface area contributed by atoms with Crippen LogP contribution in [0.2, 0.25) is 0 Å². The Bertz CT molecular complexity index is 859. The number of ether oxygens (including phenoxy) is 1. The Hall–Kier alpha value is -2.20. The molecule has 0 saturated carbocycles. The molecule has 0 atom stereocenters. The molecule has 0 aliphatic carbocycles. The SMILES string of the molecule is Cc1ccsc1/C=C/c1nc2ccccc2nc1OC(C)(C)C. The number of aryl methyl sites for hydroxylation is 1. The second-order valence-electron chi connectivity index (χ2n) is 6.42. The molecule has 0 unspecified atom stereocenters. The average Bonchev–Trinajstić information content (AvgIpc) is 2.89. The molecule has 2 heterocycles. The van der Waals surface area contributed by atoms with Crippen LogP contribution in [0.5, 0.6) is 5.88 Å². The predicted molar refractivity (Wildman–Crippen MR) is 97.9 cm³/mol. The molecule has 0 amide bonds. The first-order valence-corrected chi connectivity index (χ1v) is 8.48. The molecule has 0 spiro atoms. The quantitative estimate of drug-likeness (QED) is 0.651. The van der Waals surface area contributed by atoms with Crippen molar-refractivity contribution < 1.29 is 4.74 Å². The van der Waals surface area contributed by atoms with Crippen LogP contribution in [0.3, 0.4) is 0 Å². The van der Waals surface area contributed by atoms with Crippen molar-refractivity contribution in [3.63, 3.8) is 0 Å². The zero-order valence-corrected chi connectivity index (χ0v) is 14.6. The van der Waals surface area contributed by atoms with Crippen molar-refractivity contribution in [2.24, 2.45) is 0 Å². The number of nitrogens with zero attached hydrogens (tertiary/aromatic N) is 2. The van der Waals surface area contributed by atoms with E-state index in [0.29, 0.717) is 5.88 Å². The van der Waals surface area contributed by atoms with Crippen LogP contribution in [-0.4, -0.2) is 15.6 Å². The molecule has 1 aromatic carbocycles. The van der Waals surface area contributed by atoms with Crippen molar-refractivity contribution in [3.05, 3.63) is 51.8 Å². The molecular formula is C19H20N2OS. The number of hydrogen-bond acceptors (Lipinski definition) is 4. The van der Waals surface area contributed by atoms with Crippen LogP contribution < -0.4 is 4.74 Å². The van der Waals surface area contributed by atoms with Gasteiger partial charge in [0.25, 0.3) is 0 Å². The minimum absolute atomic E-state index is 0.321. The van der Waals surface area contributed by atoms with Crippen LogP contribution in [0.4, 0.5) is 0 Å². The van der Waals surface area contributed by atoms with E-state index in [1.165, 1.54) is 10.4 Å². The van der Waals surface area contributed by atoms with E-state index in [1.807, 2.05) is 51.1 Å². The first-order valence-electron chi connectivity index (χ1n) is 7.60. The van der Waals surface area contributed by atoms with Crippen molar-refractivity contribution >= 4 is 34.5 Å². The van der Waals surface area contributed by atoms with Crippen molar-refractivity contribution in [2.75, 3.05) is 0 Å². The second kappa shape index (κ2) is 6.13. The lowest BCUT2D eigenvalue weighted by atomic mass is 10.2. The van der Waals surface area contributed by atoms with Gasteiger partial charge in [0.15, 0.2) is 0 Å². The molecule has 3 nitrogen and oxygen atoms in total. The summed E-state index contributed by atoms with van der Waals surface area (Å²) in [6.07, 6.45) is 4.06. The third kappa shape index (κ3) is 3.77. The standard InChI is InChI=1S/C19H20N2OS/c1-13-11-12-23-17(13)10-9-16-18(22-19(2,3)4)21-15-8-6-5-7-14(15)20-16/h5-12H,1-4H3/b10-9+. The lowest BCUT2D eigenvalue weighted by molar-refractivity contribution is 0.123. The number of fused-ring (bicyclic) bond motifs is 1. The summed E-state index contributed by atoms with van der Waals surface area (Å²) >= 11 is 1.72. The zero-order valence-electron chi connectivity index (χ0n) is 13.8. The molecule has 0 fully saturated rings. The van der Waals surface area contributed by atoms with E-state index in [2.05, 4.69) is 29.4 Å². The minimum Gasteiger partial charge on any atom is -0.470 e. The summed E-state index contributed by atoms with van der Waals surface area (Å²) in [5, 5.41) is 2.09. The highest BCUT2D eigenvalue weighted by molar-refractivity contribution is 7.11. The topological polar surface area (TPSA) is 35.0 Å². The average molecular weight is 324 g/mol. The Morgan fingerprint density at radius 2 is 1.70 bits per heavy atom. The molecule has 118 valence electrons. The van der Waals surface area contributed by atoms with E-state index in [-0.39, 0.29) is 5.60 Å². The summed E-state index contributed by atoms with van der Waals surface area (Å²) in [6.45, 7) is 8.15. The number of aromatic nitrogens is 2. The molecule has 23 heavy (non-hydrogen) atoms. The highest BCUT2D eigenvalue weighted by atomic mass is 32.1. The number of rotatable bonds is 3. The fourth-order valence-corrected chi connectivity index (χ4v) is 3.00. The summed E-state index contributed by atoms with van der Waals surface area (Å²) in [5.41, 5.74) is 3.41. The van der Waals surface area contributed by atoms with Gasteiger partial charge in [0.05, 0.1) is 11.0 Å². The van der Waals surface area contributed by atoms with Gasteiger partial charge in [-0.1, -0.05) is 12.1 Å². The van der Waals surface area contributed by atoms with Crippen molar-refractivity contribution in [3.8, 4) is 5.88 Å². The molecule has 0 bridgehead atoms. The highest BCUT2D eigenvalue weighted by Gasteiger charge is 2.17. The first-order chi connectivity index (χ1) is 10.9. The molecule has 0 N–H and O–H groups in total. The Balaban J connectivity index is 2.07. The number of thiophene rings is 1. The van der Waals surface area contributed by atoms with Crippen molar-refractivity contribution in [2.45, 2.75) is 33.3 Å². The van der Waals surface area contributed by atoms with Crippen LogP contribution in [0.25, 0.3) is 23.2 Å². The maximum absolute atomic E-state index is 6.02. The third-order valence-corrected chi connectivity index (χ3v) is 4.25. The van der Waals surface area contributed by atoms with E-state index in [1.54, 1.807) is 11.3 Å². The van der Waals surface area contributed by atoms with E-state index in [0.717, 1.165) is 16.7 Å². The van der Waals surface area contributed by atoms with Gasteiger partial charge in [0, 0.05) is 4.88 Å². The molecule has 0 saturated heterocycles. The van der Waals surface area contributed by atoms with Gasteiger partial charge >= 0.3 is 0 Å². The number of benzene rings is 1. The van der Waals surface area contributed by atoms with Gasteiger partial charge in [-0.05, 0) is 69.0 Å². The first kappa shape index (κ1) is 15.7. The molecule has 3 rings (SSSR count).